The highest BCUT2D eigenvalue weighted by atomic mass is 32.1. The monoisotopic (exact) mass is 660 g/mol. The van der Waals surface area contributed by atoms with Gasteiger partial charge in [-0.15, -0.1) is 0 Å². The van der Waals surface area contributed by atoms with E-state index in [1.54, 1.807) is 36.2 Å². The predicted molar refractivity (Wildman–Crippen MR) is 182 cm³/mol. The van der Waals surface area contributed by atoms with Gasteiger partial charge in [0.2, 0.25) is 0 Å². The van der Waals surface area contributed by atoms with Gasteiger partial charge in [-0.1, -0.05) is 54.6 Å². The Balaban J connectivity index is 0.00000276. The molecule has 0 radical (unpaired) electrons. The van der Waals surface area contributed by atoms with Crippen LogP contribution in [0.1, 0.15) is 40.7 Å². The molecule has 0 saturated carbocycles. The molecule has 11 heteroatoms. The molecule has 1 unspecified atom stereocenters. The highest BCUT2D eigenvalue weighted by Crippen LogP contribution is 2.31. The second-order valence-electron chi connectivity index (χ2n) is 11.7. The average Bonchev–Trinajstić information content (AvgIpc) is 3.71. The summed E-state index contributed by atoms with van der Waals surface area (Å²) in [5.74, 6) is -0.145. The van der Waals surface area contributed by atoms with Crippen LogP contribution in [-0.4, -0.2) is 90.4 Å². The Morgan fingerprint density at radius 1 is 0.778 bits per heavy atom. The molecule has 0 N–H and O–H groups in total. The van der Waals surface area contributed by atoms with E-state index in [4.69, 9.17) is 0 Å². The van der Waals surface area contributed by atoms with E-state index in [0.29, 0.717) is 30.6 Å². The van der Waals surface area contributed by atoms with Crippen LogP contribution in [0.15, 0.2) is 78.9 Å². The van der Waals surface area contributed by atoms with Gasteiger partial charge in [0.1, 0.15) is 0 Å². The van der Waals surface area contributed by atoms with Gasteiger partial charge >= 0.3 is 12.2 Å². The van der Waals surface area contributed by atoms with Crippen molar-refractivity contribution in [1.29, 1.82) is 0 Å². The predicted octanol–water partition coefficient (Wildman–Crippen LogP) is 6.50. The van der Waals surface area contributed by atoms with E-state index in [2.05, 4.69) is 29.2 Å². The molecular weight excluding hydrogens is 618 g/mol. The van der Waals surface area contributed by atoms with Gasteiger partial charge in [0, 0.05) is 51.9 Å². The number of likely N-dealkylation sites (N-methyl/N-ethyl adjacent to an activating group) is 2. The molecule has 2 fully saturated rings. The van der Waals surface area contributed by atoms with E-state index in [-0.39, 0.29) is 51.0 Å². The summed E-state index contributed by atoms with van der Waals surface area (Å²) >= 11 is 0. The van der Waals surface area contributed by atoms with Gasteiger partial charge in [0.05, 0.1) is 11.6 Å². The van der Waals surface area contributed by atoms with E-state index in [0.717, 1.165) is 56.6 Å². The number of nitrogens with zero attached hydrogens (tertiary/aromatic N) is 4. The second-order valence-corrected chi connectivity index (χ2v) is 11.7. The summed E-state index contributed by atoms with van der Waals surface area (Å²) in [4.78, 5) is 34.5. The van der Waals surface area contributed by atoms with Crippen molar-refractivity contribution in [2.45, 2.75) is 43.9 Å². The van der Waals surface area contributed by atoms with Crippen molar-refractivity contribution in [1.82, 2.24) is 19.6 Å². The number of likely N-dealkylation sites (tertiary alicyclic amines) is 2. The van der Waals surface area contributed by atoms with Crippen molar-refractivity contribution in [3.8, 4) is 11.1 Å². The van der Waals surface area contributed by atoms with Crippen LogP contribution in [0.5, 0.6) is 0 Å². The Hall–Kier alpha value is -3.15. The lowest BCUT2D eigenvalue weighted by molar-refractivity contribution is -0.137. The Kier molecular flexibility index (Phi) is 12.8. The molecule has 244 valence electrons. The van der Waals surface area contributed by atoms with Gasteiger partial charge in [0.15, 0.2) is 0 Å². The van der Waals surface area contributed by atoms with Gasteiger partial charge in [-0.2, -0.15) is 40.2 Å². The van der Waals surface area contributed by atoms with E-state index in [1.165, 1.54) is 17.7 Å². The molecular formula is C34H43F3N4O2S2. The van der Waals surface area contributed by atoms with Crippen LogP contribution < -0.4 is 0 Å². The second kappa shape index (κ2) is 15.9. The molecule has 2 aliphatic heterocycles. The lowest BCUT2D eigenvalue weighted by Gasteiger charge is -2.30. The molecule has 0 aromatic heterocycles. The molecule has 3 aromatic carbocycles. The van der Waals surface area contributed by atoms with Crippen LogP contribution in [0.2, 0.25) is 0 Å². The van der Waals surface area contributed by atoms with E-state index in [9.17, 15) is 22.8 Å². The Bertz CT molecular complexity index is 1390. The zero-order valence-corrected chi connectivity index (χ0v) is 27.8. The number of hydrogen-bond donors (Lipinski definition) is 0. The van der Waals surface area contributed by atoms with Gasteiger partial charge in [-0.05, 0) is 73.2 Å². The molecule has 0 aliphatic carbocycles. The third kappa shape index (κ3) is 8.98. The largest absolute Gasteiger partial charge is 0.416 e. The quantitative estimate of drug-likeness (QED) is 0.277. The van der Waals surface area contributed by atoms with Crippen LogP contribution in [0, 0.1) is 0 Å². The third-order valence-electron chi connectivity index (χ3n) is 8.86. The number of aryl methyl sites for hydroxylation is 1. The topological polar surface area (TPSA) is 47.1 Å². The van der Waals surface area contributed by atoms with Crippen LogP contribution in [0.25, 0.3) is 11.1 Å². The minimum atomic E-state index is -4.38. The van der Waals surface area contributed by atoms with E-state index < -0.39 is 11.7 Å². The molecule has 0 bridgehead atoms. The standard InChI is InChI=1S/C34H39F3N4O2.2H2S/c1-38(32(42)28-12-10-26(11-13-28)27-14-16-29(17-15-27)34(35,36)37)31-19-22-41(24-31)33(43)39(2)30-18-21-40(23-30)20-6-9-25-7-4-3-5-8-25;;/h3-5,7-8,10-17,30-31H,6,9,18-24H2,1-2H3;2*1H2/t30?,31-;;/m0../s1. The number of benzene rings is 3. The number of amides is 3. The first-order valence-corrected chi connectivity index (χ1v) is 14.9. The molecule has 3 aromatic rings. The summed E-state index contributed by atoms with van der Waals surface area (Å²) in [5, 5.41) is 0. The maximum absolute atomic E-state index is 13.4. The fraction of sp³-hybridized carbons (Fsp3) is 0.412. The summed E-state index contributed by atoms with van der Waals surface area (Å²) in [6, 6.07) is 22.5. The number of halogens is 3. The first-order chi connectivity index (χ1) is 20.6. The summed E-state index contributed by atoms with van der Waals surface area (Å²) in [7, 11) is 3.65. The van der Waals surface area contributed by atoms with Crippen molar-refractivity contribution in [2.24, 2.45) is 0 Å². The summed E-state index contributed by atoms with van der Waals surface area (Å²) in [6.07, 6.45) is -0.551. The molecule has 6 nitrogen and oxygen atoms in total. The lowest BCUT2D eigenvalue weighted by atomic mass is 10.0. The molecule has 3 amide bonds. The normalized spacial score (nSPS) is 18.2. The van der Waals surface area contributed by atoms with Crippen molar-refractivity contribution in [2.75, 3.05) is 46.8 Å². The van der Waals surface area contributed by atoms with Gasteiger partial charge in [0.25, 0.3) is 5.91 Å². The van der Waals surface area contributed by atoms with Gasteiger partial charge < -0.3 is 19.6 Å². The van der Waals surface area contributed by atoms with Crippen LogP contribution in [-0.2, 0) is 12.6 Å². The van der Waals surface area contributed by atoms with Crippen LogP contribution in [0.3, 0.4) is 0 Å². The highest BCUT2D eigenvalue weighted by molar-refractivity contribution is 7.59. The maximum Gasteiger partial charge on any atom is 0.416 e. The molecule has 5 rings (SSSR count). The first-order valence-electron chi connectivity index (χ1n) is 14.9. The number of carbonyl (C=O) groups is 2. The van der Waals surface area contributed by atoms with Crippen LogP contribution >= 0.6 is 27.0 Å². The van der Waals surface area contributed by atoms with Crippen LogP contribution in [0.4, 0.5) is 18.0 Å². The fourth-order valence-electron chi connectivity index (χ4n) is 6.12. The number of rotatable bonds is 8. The van der Waals surface area contributed by atoms with E-state index >= 15 is 0 Å². The maximum atomic E-state index is 13.4. The number of urea groups is 1. The number of carbonyl (C=O) groups excluding carboxylic acids is 2. The van der Waals surface area contributed by atoms with Gasteiger partial charge in [-0.3, -0.25) is 4.79 Å². The molecule has 2 atom stereocenters. The van der Waals surface area contributed by atoms with Crippen molar-refractivity contribution < 1.29 is 22.8 Å². The zero-order valence-electron chi connectivity index (χ0n) is 25.8. The SMILES string of the molecule is CN(C(=O)N1CC[C@H](N(C)C(=O)c2ccc(-c3ccc(C(F)(F)F)cc3)cc2)C1)C1CCN(CCCc2ccccc2)C1.S.S. The molecule has 45 heavy (non-hydrogen) atoms. The first kappa shape index (κ1) is 36.3. The number of alkyl halides is 3. The zero-order chi connectivity index (χ0) is 30.6. The molecule has 0 spiro atoms. The molecule has 2 saturated heterocycles. The van der Waals surface area contributed by atoms with E-state index in [1.807, 2.05) is 22.9 Å². The average molecular weight is 661 g/mol. The Morgan fingerprint density at radius 3 is 1.98 bits per heavy atom. The minimum Gasteiger partial charge on any atom is -0.337 e. The smallest absolute Gasteiger partial charge is 0.337 e. The summed E-state index contributed by atoms with van der Waals surface area (Å²) in [6.45, 7) is 4.00. The summed E-state index contributed by atoms with van der Waals surface area (Å²) < 4.78 is 38.6. The minimum absolute atomic E-state index is 0. The van der Waals surface area contributed by atoms with Crippen molar-refractivity contribution >= 4 is 38.9 Å². The third-order valence-corrected chi connectivity index (χ3v) is 8.86. The van der Waals surface area contributed by atoms with Crippen molar-refractivity contribution in [3.63, 3.8) is 0 Å². The summed E-state index contributed by atoms with van der Waals surface area (Å²) in [5.41, 5.74) is 2.54. The number of hydrogen-bond acceptors (Lipinski definition) is 3. The van der Waals surface area contributed by atoms with Gasteiger partial charge in [-0.25, -0.2) is 4.79 Å². The Morgan fingerprint density at radius 2 is 1.36 bits per heavy atom. The van der Waals surface area contributed by atoms with Crippen molar-refractivity contribution in [3.05, 3.63) is 95.6 Å². The Labute approximate surface area is 278 Å². The lowest BCUT2D eigenvalue weighted by Crippen LogP contribution is -2.47. The molecule has 2 aliphatic rings. The molecule has 2 heterocycles. The highest BCUT2D eigenvalue weighted by Gasteiger charge is 2.36. The fourth-order valence-corrected chi connectivity index (χ4v) is 6.12.